The van der Waals surface area contributed by atoms with Gasteiger partial charge >= 0.3 is 0 Å². The summed E-state index contributed by atoms with van der Waals surface area (Å²) >= 11 is 0. The fraction of sp³-hybridized carbons (Fsp3) is 0.300. The molecule has 0 spiro atoms. The number of rotatable bonds is 9. The molecule has 6 rings (SSSR count). The van der Waals surface area contributed by atoms with E-state index >= 15 is 0 Å². The van der Waals surface area contributed by atoms with E-state index in [2.05, 4.69) is 41.3 Å². The molecule has 0 saturated carbocycles. The van der Waals surface area contributed by atoms with Crippen molar-refractivity contribution in [3.8, 4) is 0 Å². The Morgan fingerprint density at radius 3 is 1.08 bits per heavy atom. The maximum Gasteiger partial charge on any atom is 0.198 e. The van der Waals surface area contributed by atoms with Crippen molar-refractivity contribution in [2.75, 3.05) is 39.5 Å². The molecule has 3 aliphatic heterocycles. The van der Waals surface area contributed by atoms with E-state index < -0.39 is 0 Å². The highest BCUT2D eigenvalue weighted by Crippen LogP contribution is 2.26. The summed E-state index contributed by atoms with van der Waals surface area (Å²) in [4.78, 5) is 16.8. The number of hydrogen-bond donors (Lipinski definition) is 0. The predicted molar refractivity (Wildman–Crippen MR) is 144 cm³/mol. The standard InChI is InChI=1S/C30H30N4O3/c1-4-10-22(11-5-1)25-19-35-28(31-25)16-34(17-29-32-26(20-36-29)23-12-6-2-7-13-23)18-30-33-27(21-37-30)24-14-8-3-9-15-24/h1-15,25-27H,16-21H2. The summed E-state index contributed by atoms with van der Waals surface area (Å²) in [5, 5.41) is 0. The zero-order valence-corrected chi connectivity index (χ0v) is 20.6. The maximum atomic E-state index is 6.01. The van der Waals surface area contributed by atoms with E-state index in [1.165, 1.54) is 0 Å². The molecule has 37 heavy (non-hydrogen) atoms. The molecule has 0 saturated heterocycles. The van der Waals surface area contributed by atoms with Gasteiger partial charge < -0.3 is 14.2 Å². The Bertz CT molecular complexity index is 1120. The van der Waals surface area contributed by atoms with E-state index in [0.717, 1.165) is 16.7 Å². The minimum Gasteiger partial charge on any atom is -0.477 e. The van der Waals surface area contributed by atoms with Crippen molar-refractivity contribution in [2.45, 2.75) is 18.1 Å². The van der Waals surface area contributed by atoms with Crippen molar-refractivity contribution in [3.05, 3.63) is 108 Å². The van der Waals surface area contributed by atoms with E-state index in [4.69, 9.17) is 29.2 Å². The Kier molecular flexibility index (Phi) is 6.94. The normalized spacial score (nSPS) is 22.6. The van der Waals surface area contributed by atoms with E-state index in [0.29, 0.717) is 57.1 Å². The third-order valence-electron chi connectivity index (χ3n) is 6.75. The van der Waals surface area contributed by atoms with Gasteiger partial charge in [-0.3, -0.25) is 4.90 Å². The first-order valence-corrected chi connectivity index (χ1v) is 12.8. The van der Waals surface area contributed by atoms with Gasteiger partial charge in [-0.05, 0) is 16.7 Å². The number of benzene rings is 3. The topological polar surface area (TPSA) is 68.0 Å². The molecule has 0 N–H and O–H groups in total. The average molecular weight is 495 g/mol. The summed E-state index contributed by atoms with van der Waals surface area (Å²) in [7, 11) is 0. The van der Waals surface area contributed by atoms with Gasteiger partial charge in [0.1, 0.15) is 37.9 Å². The number of hydrogen-bond acceptors (Lipinski definition) is 7. The van der Waals surface area contributed by atoms with E-state index in [1.807, 2.05) is 54.6 Å². The third kappa shape index (κ3) is 5.73. The zero-order chi connectivity index (χ0) is 24.9. The van der Waals surface area contributed by atoms with Crippen LogP contribution in [0.5, 0.6) is 0 Å². The van der Waals surface area contributed by atoms with Crippen molar-refractivity contribution >= 4 is 17.7 Å². The predicted octanol–water partition coefficient (Wildman–Crippen LogP) is 4.80. The van der Waals surface area contributed by atoms with Crippen LogP contribution in [0.25, 0.3) is 0 Å². The minimum atomic E-state index is 0.0168. The van der Waals surface area contributed by atoms with Crippen LogP contribution in [0.2, 0.25) is 0 Å². The zero-order valence-electron chi connectivity index (χ0n) is 20.6. The van der Waals surface area contributed by atoms with Gasteiger partial charge in [-0.25, -0.2) is 15.0 Å². The van der Waals surface area contributed by atoms with Crippen LogP contribution >= 0.6 is 0 Å². The Balaban J connectivity index is 1.18. The molecular formula is C30H30N4O3. The van der Waals surface area contributed by atoms with Crippen molar-refractivity contribution in [2.24, 2.45) is 15.0 Å². The van der Waals surface area contributed by atoms with Crippen LogP contribution in [0.15, 0.2) is 106 Å². The van der Waals surface area contributed by atoms with Gasteiger partial charge in [0.15, 0.2) is 17.7 Å². The Morgan fingerprint density at radius 2 is 0.784 bits per heavy atom. The van der Waals surface area contributed by atoms with Gasteiger partial charge in [-0.2, -0.15) is 0 Å². The van der Waals surface area contributed by atoms with Crippen LogP contribution in [0.3, 0.4) is 0 Å². The molecule has 3 aliphatic rings. The van der Waals surface area contributed by atoms with Gasteiger partial charge in [0.25, 0.3) is 0 Å². The van der Waals surface area contributed by atoms with Crippen molar-refractivity contribution in [1.29, 1.82) is 0 Å². The number of ether oxygens (including phenoxy) is 3. The van der Waals surface area contributed by atoms with Gasteiger partial charge in [-0.1, -0.05) is 91.0 Å². The smallest absolute Gasteiger partial charge is 0.198 e. The minimum absolute atomic E-state index is 0.0168. The molecule has 3 aromatic rings. The van der Waals surface area contributed by atoms with Crippen LogP contribution in [0.1, 0.15) is 34.8 Å². The molecule has 188 valence electrons. The van der Waals surface area contributed by atoms with Crippen LogP contribution < -0.4 is 0 Å². The second-order valence-electron chi connectivity index (χ2n) is 9.43. The average Bonchev–Trinajstić information content (AvgIpc) is 3.72. The summed E-state index contributed by atoms with van der Waals surface area (Å²) in [6, 6.07) is 30.9. The van der Waals surface area contributed by atoms with Crippen molar-refractivity contribution in [3.63, 3.8) is 0 Å². The first-order valence-electron chi connectivity index (χ1n) is 12.8. The molecule has 7 nitrogen and oxygen atoms in total. The first kappa shape index (κ1) is 23.4. The fourth-order valence-electron chi connectivity index (χ4n) is 4.81. The number of nitrogens with zero attached hydrogens (tertiary/aromatic N) is 4. The maximum absolute atomic E-state index is 6.01. The lowest BCUT2D eigenvalue weighted by molar-refractivity contribution is 0.258. The molecule has 0 amide bonds. The molecule has 7 heteroatoms. The van der Waals surface area contributed by atoms with E-state index in [-0.39, 0.29) is 18.1 Å². The summed E-state index contributed by atoms with van der Waals surface area (Å²) in [5.41, 5.74) is 3.48. The van der Waals surface area contributed by atoms with Crippen LogP contribution in [0.4, 0.5) is 0 Å². The highest BCUT2D eigenvalue weighted by Gasteiger charge is 2.28. The van der Waals surface area contributed by atoms with Crippen LogP contribution in [0, 0.1) is 0 Å². The lowest BCUT2D eigenvalue weighted by Crippen LogP contribution is -2.38. The molecular weight excluding hydrogens is 464 g/mol. The highest BCUT2D eigenvalue weighted by atomic mass is 16.5. The molecule has 3 atom stereocenters. The second-order valence-corrected chi connectivity index (χ2v) is 9.43. The van der Waals surface area contributed by atoms with Gasteiger partial charge in [0.05, 0.1) is 19.6 Å². The molecule has 3 heterocycles. The second kappa shape index (κ2) is 11.0. The molecule has 3 aromatic carbocycles. The molecule has 3 unspecified atom stereocenters. The molecule has 0 radical (unpaired) electrons. The molecule has 0 fully saturated rings. The Hall–Kier alpha value is -3.97. The van der Waals surface area contributed by atoms with E-state index in [9.17, 15) is 0 Å². The summed E-state index contributed by atoms with van der Waals surface area (Å²) < 4.78 is 18.0. The quantitative estimate of drug-likeness (QED) is 0.429. The van der Waals surface area contributed by atoms with Crippen molar-refractivity contribution < 1.29 is 14.2 Å². The van der Waals surface area contributed by atoms with E-state index in [1.54, 1.807) is 0 Å². The van der Waals surface area contributed by atoms with Gasteiger partial charge in [-0.15, -0.1) is 0 Å². The highest BCUT2D eigenvalue weighted by molar-refractivity contribution is 5.85. The monoisotopic (exact) mass is 494 g/mol. The molecule has 0 aromatic heterocycles. The van der Waals surface area contributed by atoms with Crippen LogP contribution in [-0.4, -0.2) is 62.0 Å². The molecule has 0 bridgehead atoms. The molecule has 0 aliphatic carbocycles. The Morgan fingerprint density at radius 1 is 0.486 bits per heavy atom. The lowest BCUT2D eigenvalue weighted by Gasteiger charge is -2.20. The van der Waals surface area contributed by atoms with Gasteiger partial charge in [0.2, 0.25) is 0 Å². The van der Waals surface area contributed by atoms with Crippen LogP contribution in [-0.2, 0) is 14.2 Å². The SMILES string of the molecule is c1ccc(C2COC(CN(CC3=NC(c4ccccc4)CO3)CC3=NC(c4ccccc4)CO3)=N2)cc1. The fourth-order valence-corrected chi connectivity index (χ4v) is 4.81. The summed E-state index contributed by atoms with van der Waals surface area (Å²) in [5.74, 6) is 2.14. The third-order valence-corrected chi connectivity index (χ3v) is 6.75. The first-order chi connectivity index (χ1) is 18.3. The van der Waals surface area contributed by atoms with Gasteiger partial charge in [0, 0.05) is 0 Å². The Labute approximate surface area is 217 Å². The summed E-state index contributed by atoms with van der Waals surface area (Å²) in [6.45, 7) is 3.23. The van der Waals surface area contributed by atoms with Crippen molar-refractivity contribution in [1.82, 2.24) is 4.90 Å². The summed E-state index contributed by atoms with van der Waals surface area (Å²) in [6.07, 6.45) is 0. The lowest BCUT2D eigenvalue weighted by atomic mass is 10.1. The number of aliphatic imine (C=N–C) groups is 3. The largest absolute Gasteiger partial charge is 0.477 e.